The van der Waals surface area contributed by atoms with E-state index in [-0.39, 0.29) is 12.6 Å². The van der Waals surface area contributed by atoms with Crippen molar-refractivity contribution >= 4 is 11.6 Å². The van der Waals surface area contributed by atoms with Gasteiger partial charge in [-0.05, 0) is 13.3 Å². The molecule has 0 aliphatic carbocycles. The summed E-state index contributed by atoms with van der Waals surface area (Å²) in [7, 11) is 3.51. The molecule has 98 valence electrons. The first-order valence-corrected chi connectivity index (χ1v) is 5.99. The van der Waals surface area contributed by atoms with Gasteiger partial charge in [-0.25, -0.2) is 0 Å². The molecule has 0 spiro atoms. The Hall–Kier alpha value is -0.620. The highest BCUT2D eigenvalue weighted by atomic mass is 35.5. The molecule has 5 nitrogen and oxygen atoms in total. The number of nitrogens with zero attached hydrogens (tertiary/aromatic N) is 2. The maximum atomic E-state index is 8.93. The van der Waals surface area contributed by atoms with Crippen LogP contribution < -0.4 is 5.32 Å². The topological polar surface area (TPSA) is 59.3 Å². The summed E-state index contributed by atoms with van der Waals surface area (Å²) in [5.74, 6) is 0. The standard InChI is InChI=1S/C11H20ClN3O2/c1-8-11(12)10(15(2)14-8)6-13-9(4-5-16)7-17-3/h9,13,16H,4-7H2,1-3H3. The summed E-state index contributed by atoms with van der Waals surface area (Å²) in [5.41, 5.74) is 1.78. The molecular weight excluding hydrogens is 242 g/mol. The van der Waals surface area contributed by atoms with E-state index in [2.05, 4.69) is 10.4 Å². The van der Waals surface area contributed by atoms with Crippen molar-refractivity contribution in [1.82, 2.24) is 15.1 Å². The van der Waals surface area contributed by atoms with E-state index in [4.69, 9.17) is 21.4 Å². The molecule has 0 saturated heterocycles. The molecule has 1 unspecified atom stereocenters. The predicted molar refractivity (Wildman–Crippen MR) is 67.2 cm³/mol. The lowest BCUT2D eigenvalue weighted by atomic mass is 10.2. The summed E-state index contributed by atoms with van der Waals surface area (Å²) in [5, 5.41) is 17.2. The Balaban J connectivity index is 2.58. The zero-order chi connectivity index (χ0) is 12.8. The van der Waals surface area contributed by atoms with Crippen molar-refractivity contribution in [2.24, 2.45) is 7.05 Å². The zero-order valence-corrected chi connectivity index (χ0v) is 11.3. The van der Waals surface area contributed by atoms with E-state index in [0.717, 1.165) is 11.4 Å². The molecule has 1 atom stereocenters. The maximum Gasteiger partial charge on any atom is 0.0860 e. The minimum atomic E-state index is 0.122. The largest absolute Gasteiger partial charge is 0.396 e. The van der Waals surface area contributed by atoms with Crippen molar-refractivity contribution in [1.29, 1.82) is 0 Å². The summed E-state index contributed by atoms with van der Waals surface area (Å²) < 4.78 is 6.85. The summed E-state index contributed by atoms with van der Waals surface area (Å²) in [6.45, 7) is 3.20. The van der Waals surface area contributed by atoms with Crippen LogP contribution in [0.15, 0.2) is 0 Å². The molecular formula is C11H20ClN3O2. The van der Waals surface area contributed by atoms with Crippen LogP contribution >= 0.6 is 11.6 Å². The molecule has 0 radical (unpaired) electrons. The Bertz CT molecular complexity index is 349. The Morgan fingerprint density at radius 2 is 2.29 bits per heavy atom. The molecule has 2 N–H and O–H groups in total. The third-order valence-corrected chi connectivity index (χ3v) is 3.16. The SMILES string of the molecule is COCC(CCO)NCc1c(Cl)c(C)nn1C. The number of ether oxygens (including phenoxy) is 1. The fourth-order valence-corrected chi connectivity index (χ4v) is 1.94. The van der Waals surface area contributed by atoms with Gasteiger partial charge in [0, 0.05) is 33.4 Å². The molecule has 1 heterocycles. The van der Waals surface area contributed by atoms with Crippen molar-refractivity contribution in [2.75, 3.05) is 20.3 Å². The Morgan fingerprint density at radius 1 is 1.59 bits per heavy atom. The second-order valence-corrected chi connectivity index (χ2v) is 4.39. The first-order chi connectivity index (χ1) is 8.10. The fourth-order valence-electron chi connectivity index (χ4n) is 1.71. The highest BCUT2D eigenvalue weighted by Gasteiger charge is 2.13. The lowest BCUT2D eigenvalue weighted by Crippen LogP contribution is -2.34. The minimum absolute atomic E-state index is 0.122. The quantitative estimate of drug-likeness (QED) is 0.765. The first-order valence-electron chi connectivity index (χ1n) is 5.61. The van der Waals surface area contributed by atoms with Crippen LogP contribution in [0.3, 0.4) is 0 Å². The van der Waals surface area contributed by atoms with Crippen molar-refractivity contribution in [2.45, 2.75) is 25.9 Å². The van der Waals surface area contributed by atoms with Gasteiger partial charge in [-0.15, -0.1) is 0 Å². The van der Waals surface area contributed by atoms with Crippen LogP contribution in [0, 0.1) is 6.92 Å². The second-order valence-electron chi connectivity index (χ2n) is 4.02. The van der Waals surface area contributed by atoms with E-state index in [1.54, 1.807) is 11.8 Å². The second kappa shape index (κ2) is 6.96. The van der Waals surface area contributed by atoms with E-state index >= 15 is 0 Å². The maximum absolute atomic E-state index is 8.93. The molecule has 1 aromatic rings. The molecule has 6 heteroatoms. The van der Waals surface area contributed by atoms with Gasteiger partial charge in [0.2, 0.25) is 0 Å². The lowest BCUT2D eigenvalue weighted by Gasteiger charge is -2.16. The number of hydrogen-bond donors (Lipinski definition) is 2. The highest BCUT2D eigenvalue weighted by Crippen LogP contribution is 2.19. The fraction of sp³-hybridized carbons (Fsp3) is 0.727. The van der Waals surface area contributed by atoms with E-state index < -0.39 is 0 Å². The van der Waals surface area contributed by atoms with Gasteiger partial charge < -0.3 is 15.2 Å². The molecule has 1 aromatic heterocycles. The van der Waals surface area contributed by atoms with Crippen LogP contribution in [0.2, 0.25) is 5.02 Å². The van der Waals surface area contributed by atoms with Crippen LogP contribution in [0.1, 0.15) is 17.8 Å². The van der Waals surface area contributed by atoms with Gasteiger partial charge in [0.25, 0.3) is 0 Å². The van der Waals surface area contributed by atoms with Crippen molar-refractivity contribution < 1.29 is 9.84 Å². The summed E-state index contributed by atoms with van der Waals surface area (Å²) >= 11 is 6.15. The van der Waals surface area contributed by atoms with Crippen LogP contribution in [-0.2, 0) is 18.3 Å². The number of aromatic nitrogens is 2. The van der Waals surface area contributed by atoms with Gasteiger partial charge in [0.15, 0.2) is 0 Å². The Labute approximate surface area is 107 Å². The number of aliphatic hydroxyl groups excluding tert-OH is 1. The van der Waals surface area contributed by atoms with Crippen LogP contribution in [-0.4, -0.2) is 41.3 Å². The van der Waals surface area contributed by atoms with E-state index in [0.29, 0.717) is 24.6 Å². The molecule has 1 rings (SSSR count). The molecule has 0 saturated carbocycles. The predicted octanol–water partition coefficient (Wildman–Crippen LogP) is 0.869. The third-order valence-electron chi connectivity index (χ3n) is 2.67. The lowest BCUT2D eigenvalue weighted by molar-refractivity contribution is 0.147. The summed E-state index contributed by atoms with van der Waals surface area (Å²) in [6, 6.07) is 0.122. The average molecular weight is 262 g/mol. The average Bonchev–Trinajstić information content (AvgIpc) is 2.51. The van der Waals surface area contributed by atoms with Crippen molar-refractivity contribution in [3.8, 4) is 0 Å². The molecule has 0 bridgehead atoms. The number of halogens is 1. The van der Waals surface area contributed by atoms with Crippen LogP contribution in [0.5, 0.6) is 0 Å². The molecule has 17 heavy (non-hydrogen) atoms. The van der Waals surface area contributed by atoms with Crippen LogP contribution in [0.4, 0.5) is 0 Å². The number of methoxy groups -OCH3 is 1. The molecule has 0 aliphatic heterocycles. The van der Waals surface area contributed by atoms with Gasteiger partial charge in [-0.2, -0.15) is 5.10 Å². The summed E-state index contributed by atoms with van der Waals surface area (Å²) in [4.78, 5) is 0. The number of hydrogen-bond acceptors (Lipinski definition) is 4. The Morgan fingerprint density at radius 3 is 2.76 bits per heavy atom. The Kier molecular flexibility index (Phi) is 5.91. The van der Waals surface area contributed by atoms with Crippen LogP contribution in [0.25, 0.3) is 0 Å². The number of aryl methyl sites for hydroxylation is 2. The highest BCUT2D eigenvalue weighted by molar-refractivity contribution is 6.31. The van der Waals surface area contributed by atoms with E-state index in [1.807, 2.05) is 14.0 Å². The normalized spacial score (nSPS) is 13.0. The molecule has 0 aliphatic rings. The number of rotatable bonds is 7. The summed E-state index contributed by atoms with van der Waals surface area (Å²) in [6.07, 6.45) is 0.655. The molecule has 0 aromatic carbocycles. The van der Waals surface area contributed by atoms with Gasteiger partial charge in [-0.3, -0.25) is 4.68 Å². The van der Waals surface area contributed by atoms with E-state index in [9.17, 15) is 0 Å². The number of nitrogens with one attached hydrogen (secondary N) is 1. The van der Waals surface area contributed by atoms with Crippen molar-refractivity contribution in [3.05, 3.63) is 16.4 Å². The monoisotopic (exact) mass is 261 g/mol. The molecule has 0 amide bonds. The third kappa shape index (κ3) is 3.96. The number of aliphatic hydroxyl groups is 1. The van der Waals surface area contributed by atoms with Crippen molar-refractivity contribution in [3.63, 3.8) is 0 Å². The minimum Gasteiger partial charge on any atom is -0.396 e. The van der Waals surface area contributed by atoms with E-state index in [1.165, 1.54) is 0 Å². The van der Waals surface area contributed by atoms with Gasteiger partial charge in [0.05, 0.1) is 23.0 Å². The molecule has 0 fully saturated rings. The zero-order valence-electron chi connectivity index (χ0n) is 10.5. The first kappa shape index (κ1) is 14.4. The van der Waals surface area contributed by atoms with Gasteiger partial charge >= 0.3 is 0 Å². The van der Waals surface area contributed by atoms with Gasteiger partial charge in [0.1, 0.15) is 0 Å². The smallest absolute Gasteiger partial charge is 0.0860 e. The van der Waals surface area contributed by atoms with Gasteiger partial charge in [-0.1, -0.05) is 11.6 Å².